The molecular formula is C32H32N2O6. The van der Waals surface area contributed by atoms with Crippen LogP contribution in [0, 0.1) is 6.92 Å². The minimum absolute atomic E-state index is 0.166. The molecule has 1 saturated heterocycles. The fourth-order valence-corrected chi connectivity index (χ4v) is 5.09. The van der Waals surface area contributed by atoms with Gasteiger partial charge in [0.05, 0.1) is 20.8 Å². The lowest BCUT2D eigenvalue weighted by molar-refractivity contribution is -0.0715. The Labute approximate surface area is 232 Å². The molecule has 40 heavy (non-hydrogen) atoms. The first-order chi connectivity index (χ1) is 19.3. The van der Waals surface area contributed by atoms with Crippen molar-refractivity contribution in [3.63, 3.8) is 0 Å². The first-order valence-electron chi connectivity index (χ1n) is 13.0. The van der Waals surface area contributed by atoms with Gasteiger partial charge in [-0.3, -0.25) is 14.3 Å². The van der Waals surface area contributed by atoms with E-state index < -0.39 is 29.2 Å². The van der Waals surface area contributed by atoms with Crippen molar-refractivity contribution in [1.82, 2.24) is 9.55 Å². The van der Waals surface area contributed by atoms with Crippen molar-refractivity contribution in [3.8, 4) is 11.5 Å². The molecule has 0 bridgehead atoms. The van der Waals surface area contributed by atoms with E-state index in [-0.39, 0.29) is 6.61 Å². The molecule has 1 fully saturated rings. The molecule has 1 aromatic heterocycles. The number of ether oxygens (including phenoxy) is 4. The third kappa shape index (κ3) is 5.11. The van der Waals surface area contributed by atoms with E-state index in [1.54, 1.807) is 21.1 Å². The van der Waals surface area contributed by atoms with Crippen molar-refractivity contribution < 1.29 is 18.9 Å². The van der Waals surface area contributed by atoms with Crippen LogP contribution in [0.1, 0.15) is 34.9 Å². The number of nitrogens with one attached hydrogen (secondary N) is 1. The topological polar surface area (TPSA) is 91.8 Å². The molecule has 0 radical (unpaired) electrons. The van der Waals surface area contributed by atoms with Gasteiger partial charge in [-0.15, -0.1) is 0 Å². The number of methoxy groups -OCH3 is 2. The molecule has 3 aromatic carbocycles. The first-order valence-corrected chi connectivity index (χ1v) is 13.0. The van der Waals surface area contributed by atoms with Gasteiger partial charge in [0.15, 0.2) is 0 Å². The Morgan fingerprint density at radius 1 is 0.900 bits per heavy atom. The summed E-state index contributed by atoms with van der Waals surface area (Å²) in [4.78, 5) is 26.7. The number of aromatic amines is 1. The molecule has 206 valence electrons. The van der Waals surface area contributed by atoms with Gasteiger partial charge in [0.2, 0.25) is 0 Å². The lowest BCUT2D eigenvalue weighted by Gasteiger charge is -2.37. The molecule has 1 N–H and O–H groups in total. The Bertz CT molecular complexity index is 1540. The molecule has 0 amide bonds. The summed E-state index contributed by atoms with van der Waals surface area (Å²) < 4.78 is 25.5. The smallest absolute Gasteiger partial charge is 0.330 e. The quantitative estimate of drug-likeness (QED) is 0.244. The van der Waals surface area contributed by atoms with Crippen LogP contribution in [0.3, 0.4) is 0 Å². The molecule has 0 aliphatic carbocycles. The molecule has 2 atom stereocenters. The van der Waals surface area contributed by atoms with E-state index in [2.05, 4.69) is 11.6 Å². The van der Waals surface area contributed by atoms with Gasteiger partial charge in [0.1, 0.15) is 29.4 Å². The van der Waals surface area contributed by atoms with E-state index in [9.17, 15) is 9.59 Å². The molecule has 0 unspecified atom stereocenters. The maximum atomic E-state index is 12.5. The van der Waals surface area contributed by atoms with Gasteiger partial charge in [-0.25, -0.2) is 4.79 Å². The summed E-state index contributed by atoms with van der Waals surface area (Å²) in [6.45, 7) is 6.04. The van der Waals surface area contributed by atoms with Gasteiger partial charge >= 0.3 is 5.69 Å². The molecular weight excluding hydrogens is 508 g/mol. The van der Waals surface area contributed by atoms with Crippen LogP contribution in [0.15, 0.2) is 107 Å². The number of hydrogen-bond acceptors (Lipinski definition) is 6. The zero-order valence-corrected chi connectivity index (χ0v) is 22.8. The Hall–Kier alpha value is -4.40. The molecule has 4 aromatic rings. The number of rotatable bonds is 9. The van der Waals surface area contributed by atoms with Crippen LogP contribution in [0.4, 0.5) is 0 Å². The highest BCUT2D eigenvalue weighted by molar-refractivity contribution is 5.49. The number of aryl methyl sites for hydroxylation is 1. The fourth-order valence-electron chi connectivity index (χ4n) is 5.09. The molecule has 1 aliphatic heterocycles. The van der Waals surface area contributed by atoms with Crippen molar-refractivity contribution >= 4 is 0 Å². The van der Waals surface area contributed by atoms with Gasteiger partial charge in [-0.1, -0.05) is 61.2 Å². The van der Waals surface area contributed by atoms with E-state index >= 15 is 0 Å². The number of aromatic nitrogens is 2. The van der Waals surface area contributed by atoms with Crippen molar-refractivity contribution in [1.29, 1.82) is 0 Å². The van der Waals surface area contributed by atoms with Crippen LogP contribution < -0.4 is 20.7 Å². The predicted molar refractivity (Wildman–Crippen MR) is 152 cm³/mol. The van der Waals surface area contributed by atoms with E-state index in [1.165, 1.54) is 10.8 Å². The van der Waals surface area contributed by atoms with Crippen molar-refractivity contribution in [2.75, 3.05) is 20.8 Å². The maximum absolute atomic E-state index is 12.5. The number of H-pyrrole nitrogens is 1. The molecule has 8 heteroatoms. The van der Waals surface area contributed by atoms with E-state index in [0.717, 1.165) is 33.8 Å². The van der Waals surface area contributed by atoms with E-state index in [1.807, 2.05) is 78.9 Å². The summed E-state index contributed by atoms with van der Waals surface area (Å²) in [5.41, 5.74) is 2.01. The second kappa shape index (κ2) is 11.4. The van der Waals surface area contributed by atoms with Crippen molar-refractivity contribution in [2.45, 2.75) is 31.3 Å². The molecule has 2 heterocycles. The molecule has 0 saturated carbocycles. The Kier molecular flexibility index (Phi) is 7.73. The second-order valence-electron chi connectivity index (χ2n) is 9.74. The summed E-state index contributed by atoms with van der Waals surface area (Å²) >= 11 is 0. The summed E-state index contributed by atoms with van der Waals surface area (Å²) in [5.74, 6) is 1.47. The van der Waals surface area contributed by atoms with E-state index in [4.69, 9.17) is 18.9 Å². The number of nitrogens with zero attached hydrogens (tertiary/aromatic N) is 1. The zero-order chi connectivity index (χ0) is 28.3. The largest absolute Gasteiger partial charge is 0.497 e. The Balaban J connectivity index is 1.54. The molecule has 5 rings (SSSR count). The zero-order valence-electron chi connectivity index (χ0n) is 22.8. The summed E-state index contributed by atoms with van der Waals surface area (Å²) in [6.07, 6.45) is 0.856. The average molecular weight is 541 g/mol. The average Bonchev–Trinajstić information content (AvgIpc) is 3.36. The molecule has 0 spiro atoms. The van der Waals surface area contributed by atoms with Crippen LogP contribution in [-0.2, 0) is 15.1 Å². The minimum atomic E-state index is -1.01. The lowest BCUT2D eigenvalue weighted by atomic mass is 9.80. The Morgan fingerprint density at radius 3 is 2.00 bits per heavy atom. The highest BCUT2D eigenvalue weighted by Gasteiger charge is 2.40. The van der Waals surface area contributed by atoms with Gasteiger partial charge < -0.3 is 18.9 Å². The van der Waals surface area contributed by atoms with Crippen LogP contribution in [0.25, 0.3) is 0 Å². The van der Waals surface area contributed by atoms with Crippen molar-refractivity contribution in [3.05, 3.63) is 140 Å². The fraction of sp³-hybridized carbons (Fsp3) is 0.250. The molecule has 8 nitrogen and oxygen atoms in total. The second-order valence-corrected chi connectivity index (χ2v) is 9.74. The van der Waals surface area contributed by atoms with Gasteiger partial charge in [0, 0.05) is 18.2 Å². The summed E-state index contributed by atoms with van der Waals surface area (Å²) in [7, 11) is 3.27. The van der Waals surface area contributed by atoms with Gasteiger partial charge in [0.25, 0.3) is 5.56 Å². The number of hydrogen-bond donors (Lipinski definition) is 1. The summed E-state index contributed by atoms with van der Waals surface area (Å²) in [6, 6.07) is 25.6. The first kappa shape index (κ1) is 27.2. The number of benzene rings is 3. The van der Waals surface area contributed by atoms with E-state index in [0.29, 0.717) is 12.0 Å². The lowest BCUT2D eigenvalue weighted by Crippen LogP contribution is -2.36. The van der Waals surface area contributed by atoms with Gasteiger partial charge in [-0.2, -0.15) is 0 Å². The predicted octanol–water partition coefficient (Wildman–Crippen LogP) is 4.71. The Morgan fingerprint density at radius 2 is 1.45 bits per heavy atom. The monoisotopic (exact) mass is 540 g/mol. The third-order valence-electron chi connectivity index (χ3n) is 7.29. The normalized spacial score (nSPS) is 17.1. The minimum Gasteiger partial charge on any atom is -0.497 e. The summed E-state index contributed by atoms with van der Waals surface area (Å²) in [5, 5.41) is 0. The standard InChI is InChI=1S/C32H32N2O6/c1-21-18-29(34-19-22(2)30(35)33-31(34)36)40-28(21)20-39-32(23-8-6-5-7-9-23,24-10-14-26(37-3)15-11-24)25-12-16-27(38-4)17-13-25/h5-17,19,28-29H,1,18,20H2,2-4H3,(H,33,35,36)/t28-,29-/m1/s1. The highest BCUT2D eigenvalue weighted by Crippen LogP contribution is 2.43. The highest BCUT2D eigenvalue weighted by atomic mass is 16.6. The van der Waals surface area contributed by atoms with Gasteiger partial charge in [-0.05, 0) is 53.5 Å². The SMILES string of the molecule is C=C1C[C@H](n2cc(C)c(=O)[nH]c2=O)O[C@@H]1COC(c1ccccc1)(c1ccc(OC)cc1)c1ccc(OC)cc1. The van der Waals surface area contributed by atoms with Crippen LogP contribution in [0.2, 0.25) is 0 Å². The van der Waals surface area contributed by atoms with Crippen LogP contribution in [-0.4, -0.2) is 36.5 Å². The molecule has 1 aliphatic rings. The third-order valence-corrected chi connectivity index (χ3v) is 7.29. The maximum Gasteiger partial charge on any atom is 0.330 e. The van der Waals surface area contributed by atoms with Crippen LogP contribution >= 0.6 is 0 Å². The van der Waals surface area contributed by atoms with Crippen molar-refractivity contribution in [2.24, 2.45) is 0 Å². The van der Waals surface area contributed by atoms with Crippen LogP contribution in [0.5, 0.6) is 11.5 Å².